The molecule has 0 radical (unpaired) electrons. The number of carbonyl (C=O) groups excluding carboxylic acids is 1. The highest BCUT2D eigenvalue weighted by molar-refractivity contribution is 6.04. The summed E-state index contributed by atoms with van der Waals surface area (Å²) < 4.78 is 13.9. The van der Waals surface area contributed by atoms with Crippen LogP contribution in [0, 0.1) is 12.7 Å². The molecule has 0 aliphatic rings. The van der Waals surface area contributed by atoms with Crippen molar-refractivity contribution in [2.24, 2.45) is 0 Å². The van der Waals surface area contributed by atoms with E-state index in [1.165, 1.54) is 24.5 Å². The predicted octanol–water partition coefficient (Wildman–Crippen LogP) is 2.82. The maximum Gasteiger partial charge on any atom is 0.255 e. The minimum Gasteiger partial charge on any atom is -0.368 e. The molecule has 1 aromatic carbocycles. The van der Waals surface area contributed by atoms with Crippen molar-refractivity contribution in [3.63, 3.8) is 0 Å². The average molecular weight is 323 g/mol. The number of nitrogens with one attached hydrogen (secondary N) is 1. The van der Waals surface area contributed by atoms with Gasteiger partial charge < -0.3 is 11.1 Å². The van der Waals surface area contributed by atoms with Crippen LogP contribution in [0.5, 0.6) is 0 Å². The van der Waals surface area contributed by atoms with Crippen LogP contribution in [0.4, 0.5) is 16.0 Å². The van der Waals surface area contributed by atoms with Crippen LogP contribution in [-0.4, -0.2) is 20.9 Å². The van der Waals surface area contributed by atoms with Gasteiger partial charge >= 0.3 is 0 Å². The SMILES string of the molecule is Cc1ccc(NC(=O)c2cc(F)cc(-c3cnc(N)nc3)c2)cn1. The molecule has 0 bridgehead atoms. The van der Waals surface area contributed by atoms with Crippen LogP contribution in [-0.2, 0) is 0 Å². The van der Waals surface area contributed by atoms with Crippen molar-refractivity contribution in [1.29, 1.82) is 0 Å². The highest BCUT2D eigenvalue weighted by atomic mass is 19.1. The van der Waals surface area contributed by atoms with Gasteiger partial charge in [0, 0.05) is 29.2 Å². The van der Waals surface area contributed by atoms with Gasteiger partial charge in [0.15, 0.2) is 0 Å². The van der Waals surface area contributed by atoms with Crippen LogP contribution < -0.4 is 11.1 Å². The molecule has 2 heterocycles. The number of carbonyl (C=O) groups is 1. The molecule has 2 aromatic heterocycles. The van der Waals surface area contributed by atoms with E-state index in [1.54, 1.807) is 24.4 Å². The Bertz CT molecular complexity index is 878. The fourth-order valence-corrected chi connectivity index (χ4v) is 2.12. The summed E-state index contributed by atoms with van der Waals surface area (Å²) in [6.45, 7) is 1.85. The maximum absolute atomic E-state index is 13.9. The molecule has 3 rings (SSSR count). The standard InChI is InChI=1S/C17H14FN5O/c1-10-2-3-15(9-20-10)23-16(24)12-4-11(5-14(18)6-12)13-7-21-17(19)22-8-13/h2-9H,1H3,(H,23,24)(H2,19,21,22). The van der Waals surface area contributed by atoms with Crippen molar-refractivity contribution in [3.05, 3.63) is 66.0 Å². The molecule has 0 fully saturated rings. The van der Waals surface area contributed by atoms with Gasteiger partial charge in [-0.15, -0.1) is 0 Å². The quantitative estimate of drug-likeness (QED) is 0.773. The third kappa shape index (κ3) is 3.52. The van der Waals surface area contributed by atoms with E-state index in [2.05, 4.69) is 20.3 Å². The van der Waals surface area contributed by atoms with Gasteiger partial charge in [0.2, 0.25) is 5.95 Å². The normalized spacial score (nSPS) is 10.4. The molecule has 24 heavy (non-hydrogen) atoms. The van der Waals surface area contributed by atoms with Gasteiger partial charge in [0.25, 0.3) is 5.91 Å². The second-order valence-corrected chi connectivity index (χ2v) is 5.20. The number of nitrogen functional groups attached to an aromatic ring is 1. The first kappa shape index (κ1) is 15.5. The monoisotopic (exact) mass is 323 g/mol. The Labute approximate surface area is 137 Å². The van der Waals surface area contributed by atoms with Crippen molar-refractivity contribution in [2.75, 3.05) is 11.1 Å². The number of aromatic nitrogens is 3. The summed E-state index contributed by atoms with van der Waals surface area (Å²) in [7, 11) is 0. The summed E-state index contributed by atoms with van der Waals surface area (Å²) >= 11 is 0. The third-order valence-corrected chi connectivity index (χ3v) is 3.33. The van der Waals surface area contributed by atoms with Gasteiger partial charge in [-0.05, 0) is 42.8 Å². The molecule has 0 aliphatic heterocycles. The second-order valence-electron chi connectivity index (χ2n) is 5.20. The molecular weight excluding hydrogens is 309 g/mol. The molecule has 3 aromatic rings. The van der Waals surface area contributed by atoms with Gasteiger partial charge in [0.05, 0.1) is 11.9 Å². The first-order chi connectivity index (χ1) is 11.5. The number of rotatable bonds is 3. The van der Waals surface area contributed by atoms with Gasteiger partial charge in [0.1, 0.15) is 5.82 Å². The van der Waals surface area contributed by atoms with E-state index in [-0.39, 0.29) is 11.5 Å². The first-order valence-corrected chi connectivity index (χ1v) is 7.14. The molecule has 1 amide bonds. The zero-order chi connectivity index (χ0) is 17.1. The maximum atomic E-state index is 13.9. The molecule has 0 saturated heterocycles. The van der Waals surface area contributed by atoms with Crippen molar-refractivity contribution in [2.45, 2.75) is 6.92 Å². The van der Waals surface area contributed by atoms with Crippen molar-refractivity contribution < 1.29 is 9.18 Å². The Hall–Kier alpha value is -3.35. The van der Waals surface area contributed by atoms with E-state index < -0.39 is 11.7 Å². The van der Waals surface area contributed by atoms with Crippen molar-refractivity contribution in [3.8, 4) is 11.1 Å². The molecule has 0 atom stereocenters. The van der Waals surface area contributed by atoms with Crippen LogP contribution in [0.1, 0.15) is 16.1 Å². The smallest absolute Gasteiger partial charge is 0.255 e. The molecule has 6 nitrogen and oxygen atoms in total. The Kier molecular flexibility index (Phi) is 4.15. The molecule has 7 heteroatoms. The third-order valence-electron chi connectivity index (χ3n) is 3.33. The van der Waals surface area contributed by atoms with E-state index in [1.807, 2.05) is 6.92 Å². The molecular formula is C17H14FN5O. The number of amides is 1. The lowest BCUT2D eigenvalue weighted by molar-refractivity contribution is 0.102. The van der Waals surface area contributed by atoms with Crippen molar-refractivity contribution >= 4 is 17.5 Å². The summed E-state index contributed by atoms with van der Waals surface area (Å²) in [5, 5.41) is 2.68. The van der Waals surface area contributed by atoms with E-state index in [0.717, 1.165) is 5.69 Å². The zero-order valence-electron chi connectivity index (χ0n) is 12.8. The molecule has 0 spiro atoms. The van der Waals surface area contributed by atoms with E-state index in [4.69, 9.17) is 5.73 Å². The van der Waals surface area contributed by atoms with Crippen LogP contribution >= 0.6 is 0 Å². The fraction of sp³-hybridized carbons (Fsp3) is 0.0588. The summed E-state index contributed by atoms with van der Waals surface area (Å²) in [6.07, 6.45) is 4.49. The van der Waals surface area contributed by atoms with E-state index in [0.29, 0.717) is 16.8 Å². The number of pyridine rings is 1. The van der Waals surface area contributed by atoms with Crippen molar-refractivity contribution in [1.82, 2.24) is 15.0 Å². The van der Waals surface area contributed by atoms with E-state index >= 15 is 0 Å². The number of hydrogen-bond donors (Lipinski definition) is 2. The molecule has 0 aliphatic carbocycles. The van der Waals surface area contributed by atoms with E-state index in [9.17, 15) is 9.18 Å². The summed E-state index contributed by atoms with van der Waals surface area (Å²) in [6, 6.07) is 7.54. The minimum atomic E-state index is -0.531. The number of aryl methyl sites for hydroxylation is 1. The molecule has 3 N–H and O–H groups in total. The molecule has 120 valence electrons. The zero-order valence-corrected chi connectivity index (χ0v) is 12.8. The number of hydrogen-bond acceptors (Lipinski definition) is 5. The Morgan fingerprint density at radius 3 is 2.46 bits per heavy atom. The topological polar surface area (TPSA) is 93.8 Å². The number of anilines is 2. The number of halogens is 1. The highest BCUT2D eigenvalue weighted by Crippen LogP contribution is 2.22. The number of benzene rings is 1. The lowest BCUT2D eigenvalue weighted by Gasteiger charge is -2.08. The Morgan fingerprint density at radius 1 is 1.04 bits per heavy atom. The van der Waals surface area contributed by atoms with Gasteiger partial charge in [-0.2, -0.15) is 0 Å². The lowest BCUT2D eigenvalue weighted by atomic mass is 10.0. The summed E-state index contributed by atoms with van der Waals surface area (Å²) in [5.74, 6) is -0.839. The Balaban J connectivity index is 1.89. The van der Waals surface area contributed by atoms with Gasteiger partial charge in [-0.1, -0.05) is 0 Å². The summed E-state index contributed by atoms with van der Waals surface area (Å²) in [4.78, 5) is 24.2. The Morgan fingerprint density at radius 2 is 1.79 bits per heavy atom. The fourth-order valence-electron chi connectivity index (χ4n) is 2.12. The van der Waals surface area contributed by atoms with Gasteiger partial charge in [-0.25, -0.2) is 14.4 Å². The van der Waals surface area contributed by atoms with Crippen LogP contribution in [0.15, 0.2) is 48.9 Å². The van der Waals surface area contributed by atoms with Crippen LogP contribution in [0.3, 0.4) is 0 Å². The average Bonchev–Trinajstić information content (AvgIpc) is 2.57. The van der Waals surface area contributed by atoms with Gasteiger partial charge in [-0.3, -0.25) is 9.78 Å². The largest absolute Gasteiger partial charge is 0.368 e. The number of nitrogens with two attached hydrogens (primary N) is 1. The minimum absolute atomic E-state index is 0.125. The molecule has 0 unspecified atom stereocenters. The second kappa shape index (κ2) is 6.41. The lowest BCUT2D eigenvalue weighted by Crippen LogP contribution is -2.12. The summed E-state index contributed by atoms with van der Waals surface area (Å²) in [5.41, 5.74) is 8.05. The number of nitrogens with zero attached hydrogens (tertiary/aromatic N) is 3. The predicted molar refractivity (Wildman–Crippen MR) is 88.8 cm³/mol. The highest BCUT2D eigenvalue weighted by Gasteiger charge is 2.11. The van der Waals surface area contributed by atoms with Crippen LogP contribution in [0.2, 0.25) is 0 Å². The van der Waals surface area contributed by atoms with Crippen LogP contribution in [0.25, 0.3) is 11.1 Å². The molecule has 0 saturated carbocycles. The first-order valence-electron chi connectivity index (χ1n) is 7.14.